The molecule has 1 fully saturated rings. The first-order chi connectivity index (χ1) is 8.36. The second-order valence-corrected chi connectivity index (χ2v) is 5.51. The summed E-state index contributed by atoms with van der Waals surface area (Å²) in [6.07, 6.45) is 0.963. The maximum Gasteiger partial charge on any atom is 0.249 e. The lowest BCUT2D eigenvalue weighted by molar-refractivity contribution is -0.138. The Morgan fingerprint density at radius 3 is 2.44 bits per heavy atom. The third kappa shape index (κ3) is 4.62. The molecule has 6 nitrogen and oxygen atoms in total. The smallest absolute Gasteiger partial charge is 0.249 e. The molecule has 0 spiro atoms. The topological polar surface area (TPSA) is 98.7 Å². The molecule has 0 aromatic carbocycles. The summed E-state index contributed by atoms with van der Waals surface area (Å²) in [5, 5.41) is 23.8. The summed E-state index contributed by atoms with van der Waals surface area (Å²) in [5.41, 5.74) is -0.922. The zero-order valence-electron chi connectivity index (χ0n) is 10.9. The average molecular weight is 258 g/mol. The molecule has 1 aliphatic rings. The van der Waals surface area contributed by atoms with E-state index in [1.165, 1.54) is 0 Å². The summed E-state index contributed by atoms with van der Waals surface area (Å²) in [5.74, 6) is -0.316. The Bertz CT molecular complexity index is 313. The lowest BCUT2D eigenvalue weighted by Gasteiger charge is -2.26. The van der Waals surface area contributed by atoms with Crippen LogP contribution in [-0.2, 0) is 9.59 Å². The average Bonchev–Trinajstić information content (AvgIpc) is 3.16. The van der Waals surface area contributed by atoms with E-state index in [4.69, 9.17) is 5.11 Å². The van der Waals surface area contributed by atoms with Crippen LogP contribution in [0.2, 0.25) is 0 Å². The molecule has 0 aromatic heterocycles. The third-order valence-electron chi connectivity index (χ3n) is 3.10. The summed E-state index contributed by atoms with van der Waals surface area (Å²) in [6, 6.07) is 0. The van der Waals surface area contributed by atoms with Crippen LogP contribution >= 0.6 is 0 Å². The van der Waals surface area contributed by atoms with Crippen LogP contribution in [0.4, 0.5) is 0 Å². The van der Waals surface area contributed by atoms with Gasteiger partial charge in [0.05, 0.1) is 13.2 Å². The molecule has 1 atom stereocenters. The van der Waals surface area contributed by atoms with E-state index in [9.17, 15) is 14.7 Å². The van der Waals surface area contributed by atoms with Gasteiger partial charge in [0.1, 0.15) is 6.10 Å². The Morgan fingerprint density at radius 2 is 1.94 bits per heavy atom. The van der Waals surface area contributed by atoms with Crippen molar-refractivity contribution in [2.75, 3.05) is 19.7 Å². The summed E-state index contributed by atoms with van der Waals surface area (Å²) in [4.78, 5) is 22.9. The van der Waals surface area contributed by atoms with Gasteiger partial charge in [-0.3, -0.25) is 9.59 Å². The van der Waals surface area contributed by atoms with Crippen molar-refractivity contribution in [2.24, 2.45) is 11.3 Å². The van der Waals surface area contributed by atoms with E-state index in [0.29, 0.717) is 12.5 Å². The van der Waals surface area contributed by atoms with Crippen molar-refractivity contribution in [3.05, 3.63) is 0 Å². The van der Waals surface area contributed by atoms with Crippen LogP contribution in [0.25, 0.3) is 0 Å². The van der Waals surface area contributed by atoms with E-state index < -0.39 is 17.4 Å². The van der Waals surface area contributed by atoms with Gasteiger partial charge < -0.3 is 20.8 Å². The molecular weight excluding hydrogens is 236 g/mol. The van der Waals surface area contributed by atoms with Crippen LogP contribution in [-0.4, -0.2) is 47.8 Å². The molecule has 0 aromatic rings. The fourth-order valence-corrected chi connectivity index (χ4v) is 1.35. The Kier molecular flexibility index (Phi) is 5.10. The SMILES string of the molecule is CC(C)(CO)[C@@H](O)C(=O)NCC(=O)NCC1CC1. The van der Waals surface area contributed by atoms with Crippen LogP contribution in [0, 0.1) is 11.3 Å². The Hall–Kier alpha value is -1.14. The van der Waals surface area contributed by atoms with Crippen molar-refractivity contribution < 1.29 is 19.8 Å². The molecule has 0 aliphatic heterocycles. The standard InChI is InChI=1S/C12H22N2O4/c1-12(2,7-15)10(17)11(18)14-6-9(16)13-5-8-3-4-8/h8,10,15,17H,3-7H2,1-2H3,(H,13,16)(H,14,18)/t10-/m0/s1. The number of aliphatic hydroxyl groups excluding tert-OH is 2. The van der Waals surface area contributed by atoms with Crippen LogP contribution in [0.3, 0.4) is 0 Å². The first kappa shape index (κ1) is 14.9. The minimum absolute atomic E-state index is 0.149. The fourth-order valence-electron chi connectivity index (χ4n) is 1.35. The molecule has 1 saturated carbocycles. The molecule has 0 bridgehead atoms. The lowest BCUT2D eigenvalue weighted by Crippen LogP contribution is -2.48. The monoisotopic (exact) mass is 258 g/mol. The molecule has 104 valence electrons. The highest BCUT2D eigenvalue weighted by molar-refractivity contribution is 5.87. The van der Waals surface area contributed by atoms with E-state index in [1.807, 2.05) is 0 Å². The zero-order chi connectivity index (χ0) is 13.8. The van der Waals surface area contributed by atoms with Gasteiger partial charge in [-0.05, 0) is 18.8 Å². The maximum absolute atomic E-state index is 11.6. The Morgan fingerprint density at radius 1 is 1.33 bits per heavy atom. The molecule has 0 radical (unpaired) electrons. The minimum Gasteiger partial charge on any atom is -0.396 e. The van der Waals surface area contributed by atoms with Crippen molar-refractivity contribution in [3.8, 4) is 0 Å². The minimum atomic E-state index is -1.33. The number of aliphatic hydroxyl groups is 2. The van der Waals surface area contributed by atoms with Gasteiger partial charge in [-0.15, -0.1) is 0 Å². The molecular formula is C12H22N2O4. The van der Waals surface area contributed by atoms with Gasteiger partial charge in [0.2, 0.25) is 11.8 Å². The summed E-state index contributed by atoms with van der Waals surface area (Å²) >= 11 is 0. The van der Waals surface area contributed by atoms with Crippen molar-refractivity contribution in [3.63, 3.8) is 0 Å². The number of amides is 2. The normalized spacial score (nSPS) is 17.1. The van der Waals surface area contributed by atoms with Crippen LogP contribution in [0.15, 0.2) is 0 Å². The number of hydrogen-bond donors (Lipinski definition) is 4. The highest BCUT2D eigenvalue weighted by Gasteiger charge is 2.33. The van der Waals surface area contributed by atoms with Crippen LogP contribution in [0.1, 0.15) is 26.7 Å². The summed E-state index contributed by atoms with van der Waals surface area (Å²) in [6.45, 7) is 3.34. The van der Waals surface area contributed by atoms with Crippen LogP contribution in [0.5, 0.6) is 0 Å². The van der Waals surface area contributed by atoms with Crippen LogP contribution < -0.4 is 10.6 Å². The molecule has 6 heteroatoms. The quantitative estimate of drug-likeness (QED) is 0.471. The number of nitrogens with one attached hydrogen (secondary N) is 2. The first-order valence-corrected chi connectivity index (χ1v) is 6.20. The molecule has 1 aliphatic carbocycles. The van der Waals surface area contributed by atoms with E-state index in [1.54, 1.807) is 13.8 Å². The predicted molar refractivity (Wildman–Crippen MR) is 65.6 cm³/mol. The lowest BCUT2D eigenvalue weighted by atomic mass is 9.87. The number of rotatable bonds is 7. The second kappa shape index (κ2) is 6.15. The Labute approximate surface area is 107 Å². The summed E-state index contributed by atoms with van der Waals surface area (Å²) < 4.78 is 0. The van der Waals surface area contributed by atoms with E-state index in [2.05, 4.69) is 10.6 Å². The molecule has 0 saturated heterocycles. The Balaban J connectivity index is 2.24. The van der Waals surface area contributed by atoms with E-state index >= 15 is 0 Å². The van der Waals surface area contributed by atoms with Crippen molar-refractivity contribution in [1.82, 2.24) is 10.6 Å². The third-order valence-corrected chi connectivity index (χ3v) is 3.10. The highest BCUT2D eigenvalue weighted by Crippen LogP contribution is 2.27. The predicted octanol–water partition coefficient (Wildman–Crippen LogP) is -0.992. The van der Waals surface area contributed by atoms with Gasteiger partial charge in [0, 0.05) is 12.0 Å². The molecule has 0 unspecified atom stereocenters. The summed E-state index contributed by atoms with van der Waals surface area (Å²) in [7, 11) is 0. The van der Waals surface area contributed by atoms with E-state index in [-0.39, 0.29) is 19.1 Å². The number of carbonyl (C=O) groups is 2. The van der Waals surface area contributed by atoms with Gasteiger partial charge in [-0.1, -0.05) is 13.8 Å². The molecule has 0 heterocycles. The fraction of sp³-hybridized carbons (Fsp3) is 0.833. The van der Waals surface area contributed by atoms with Crippen molar-refractivity contribution >= 4 is 11.8 Å². The number of carbonyl (C=O) groups excluding carboxylic acids is 2. The molecule has 18 heavy (non-hydrogen) atoms. The van der Waals surface area contributed by atoms with E-state index in [0.717, 1.165) is 12.8 Å². The van der Waals surface area contributed by atoms with Gasteiger partial charge in [0.15, 0.2) is 0 Å². The highest BCUT2D eigenvalue weighted by atomic mass is 16.3. The van der Waals surface area contributed by atoms with Crippen molar-refractivity contribution in [1.29, 1.82) is 0 Å². The first-order valence-electron chi connectivity index (χ1n) is 6.20. The number of hydrogen-bond acceptors (Lipinski definition) is 4. The van der Waals surface area contributed by atoms with Crippen molar-refractivity contribution in [2.45, 2.75) is 32.8 Å². The zero-order valence-corrected chi connectivity index (χ0v) is 10.9. The van der Waals surface area contributed by atoms with Gasteiger partial charge >= 0.3 is 0 Å². The second-order valence-electron chi connectivity index (χ2n) is 5.51. The van der Waals surface area contributed by atoms with Gasteiger partial charge in [-0.25, -0.2) is 0 Å². The largest absolute Gasteiger partial charge is 0.396 e. The molecule has 2 amide bonds. The van der Waals surface area contributed by atoms with Gasteiger partial charge in [0.25, 0.3) is 0 Å². The van der Waals surface area contributed by atoms with Gasteiger partial charge in [-0.2, -0.15) is 0 Å². The maximum atomic E-state index is 11.6. The molecule has 1 rings (SSSR count). The molecule has 4 N–H and O–H groups in total.